The lowest BCUT2D eigenvalue weighted by molar-refractivity contribution is -0.137. The van der Waals surface area contributed by atoms with Gasteiger partial charge in [-0.05, 0) is 56.0 Å². The van der Waals surface area contributed by atoms with E-state index in [0.717, 1.165) is 67.4 Å². The number of halogens is 3. The summed E-state index contributed by atoms with van der Waals surface area (Å²) in [5, 5.41) is 3.41. The number of pyridine rings is 1. The Morgan fingerprint density at radius 3 is 2.89 bits per heavy atom. The Labute approximate surface area is 155 Å². The summed E-state index contributed by atoms with van der Waals surface area (Å²) in [6.07, 6.45) is 0.756. The number of fused-ring (bicyclic) bond motifs is 2. The lowest BCUT2D eigenvalue weighted by atomic mass is 9.90. The van der Waals surface area contributed by atoms with Crippen molar-refractivity contribution in [3.05, 3.63) is 59.2 Å². The minimum Gasteiger partial charge on any atom is -0.342 e. The van der Waals surface area contributed by atoms with Gasteiger partial charge in [0.25, 0.3) is 0 Å². The largest absolute Gasteiger partial charge is 0.417 e. The first kappa shape index (κ1) is 18.0. The van der Waals surface area contributed by atoms with Crippen LogP contribution in [-0.2, 0) is 19.0 Å². The van der Waals surface area contributed by atoms with E-state index in [1.54, 1.807) is 0 Å². The van der Waals surface area contributed by atoms with E-state index in [1.165, 1.54) is 6.07 Å². The van der Waals surface area contributed by atoms with Crippen LogP contribution in [0.15, 0.2) is 36.5 Å². The minimum absolute atomic E-state index is 0.0702. The van der Waals surface area contributed by atoms with Gasteiger partial charge in [0.1, 0.15) is 5.82 Å². The molecule has 1 aromatic carbocycles. The molecule has 27 heavy (non-hydrogen) atoms. The highest BCUT2D eigenvalue weighted by molar-refractivity contribution is 5.74. The molecule has 0 spiro atoms. The van der Waals surface area contributed by atoms with Crippen LogP contribution in [0.1, 0.15) is 47.9 Å². The molecule has 0 saturated heterocycles. The van der Waals surface area contributed by atoms with Crippen LogP contribution in [0.3, 0.4) is 0 Å². The van der Waals surface area contributed by atoms with E-state index < -0.39 is 11.7 Å². The van der Waals surface area contributed by atoms with E-state index >= 15 is 0 Å². The molecule has 0 unspecified atom stereocenters. The number of nitrogens with one attached hydrogen (secondary N) is 2. The maximum atomic E-state index is 13.0. The molecule has 7 heteroatoms. The molecule has 0 amide bonds. The highest BCUT2D eigenvalue weighted by Gasteiger charge is 2.33. The van der Waals surface area contributed by atoms with E-state index in [4.69, 9.17) is 0 Å². The van der Waals surface area contributed by atoms with Crippen molar-refractivity contribution < 1.29 is 13.2 Å². The SMILES string of the molecule is FC(F)(F)c1cnc2c(c1)[C@H](NCCCc1nc3ccccc3[nH]1)CCC2. The van der Waals surface area contributed by atoms with E-state index in [-0.39, 0.29) is 6.04 Å². The third-order valence-corrected chi connectivity index (χ3v) is 5.03. The van der Waals surface area contributed by atoms with Crippen LogP contribution in [0.25, 0.3) is 11.0 Å². The van der Waals surface area contributed by atoms with Crippen molar-refractivity contribution in [1.82, 2.24) is 20.3 Å². The zero-order chi connectivity index (χ0) is 18.9. The summed E-state index contributed by atoms with van der Waals surface area (Å²) in [6.45, 7) is 0.720. The van der Waals surface area contributed by atoms with Gasteiger partial charge in [0.15, 0.2) is 0 Å². The quantitative estimate of drug-likeness (QED) is 0.643. The summed E-state index contributed by atoms with van der Waals surface area (Å²) >= 11 is 0. The molecule has 1 atom stereocenters. The number of imidazole rings is 1. The van der Waals surface area contributed by atoms with Crippen LogP contribution in [0, 0.1) is 0 Å². The summed E-state index contributed by atoms with van der Waals surface area (Å²) in [4.78, 5) is 11.9. The van der Waals surface area contributed by atoms with Gasteiger partial charge >= 0.3 is 6.18 Å². The first-order valence-corrected chi connectivity index (χ1v) is 9.24. The average molecular weight is 374 g/mol. The summed E-state index contributed by atoms with van der Waals surface area (Å²) in [5.41, 5.74) is 2.78. The highest BCUT2D eigenvalue weighted by atomic mass is 19.4. The van der Waals surface area contributed by atoms with Crippen molar-refractivity contribution in [2.24, 2.45) is 0 Å². The van der Waals surface area contributed by atoms with Gasteiger partial charge in [-0.1, -0.05) is 12.1 Å². The number of benzene rings is 1. The summed E-state index contributed by atoms with van der Waals surface area (Å²) in [7, 11) is 0. The smallest absolute Gasteiger partial charge is 0.342 e. The van der Waals surface area contributed by atoms with E-state index in [0.29, 0.717) is 5.56 Å². The topological polar surface area (TPSA) is 53.6 Å². The fourth-order valence-electron chi connectivity index (χ4n) is 3.67. The third kappa shape index (κ3) is 3.98. The molecule has 0 bridgehead atoms. The monoisotopic (exact) mass is 374 g/mol. The summed E-state index contributed by atoms with van der Waals surface area (Å²) in [6, 6.07) is 9.08. The molecule has 0 fully saturated rings. The Kier molecular flexibility index (Phi) is 4.86. The Hall–Kier alpha value is -2.41. The number of aromatic nitrogens is 3. The average Bonchev–Trinajstić information content (AvgIpc) is 3.07. The third-order valence-electron chi connectivity index (χ3n) is 5.03. The van der Waals surface area contributed by atoms with Crippen molar-refractivity contribution in [1.29, 1.82) is 0 Å². The zero-order valence-electron chi connectivity index (χ0n) is 14.8. The Balaban J connectivity index is 1.38. The van der Waals surface area contributed by atoms with Crippen molar-refractivity contribution >= 4 is 11.0 Å². The molecule has 2 N–H and O–H groups in total. The van der Waals surface area contributed by atoms with Crippen molar-refractivity contribution in [2.75, 3.05) is 6.54 Å². The van der Waals surface area contributed by atoms with Gasteiger partial charge in [-0.3, -0.25) is 4.98 Å². The normalized spacial score (nSPS) is 17.2. The van der Waals surface area contributed by atoms with Gasteiger partial charge in [-0.25, -0.2) is 4.98 Å². The lowest BCUT2D eigenvalue weighted by Crippen LogP contribution is -2.27. The second kappa shape index (κ2) is 7.31. The number of hydrogen-bond donors (Lipinski definition) is 2. The molecule has 2 heterocycles. The molecule has 0 radical (unpaired) electrons. The molecule has 2 aromatic heterocycles. The van der Waals surface area contributed by atoms with Crippen molar-refractivity contribution in [2.45, 2.75) is 44.3 Å². The molecular weight excluding hydrogens is 353 g/mol. The van der Waals surface area contributed by atoms with E-state index in [1.807, 2.05) is 24.3 Å². The number of H-pyrrole nitrogens is 1. The number of nitrogens with zero attached hydrogens (tertiary/aromatic N) is 2. The van der Waals surface area contributed by atoms with Gasteiger partial charge in [0.05, 0.1) is 16.6 Å². The molecule has 142 valence electrons. The van der Waals surface area contributed by atoms with Gasteiger partial charge in [-0.15, -0.1) is 0 Å². The van der Waals surface area contributed by atoms with Crippen molar-refractivity contribution in [3.8, 4) is 0 Å². The minimum atomic E-state index is -4.36. The number of rotatable bonds is 5. The van der Waals surface area contributed by atoms with Gasteiger partial charge in [0.2, 0.25) is 0 Å². The lowest BCUT2D eigenvalue weighted by Gasteiger charge is -2.26. The molecule has 4 rings (SSSR count). The van der Waals surface area contributed by atoms with Gasteiger partial charge in [0, 0.05) is 24.4 Å². The molecule has 0 saturated carbocycles. The molecular formula is C20H21F3N4. The number of para-hydroxylation sites is 2. The first-order chi connectivity index (χ1) is 13.0. The van der Waals surface area contributed by atoms with E-state index in [2.05, 4.69) is 20.3 Å². The number of aryl methyl sites for hydroxylation is 2. The van der Waals surface area contributed by atoms with Gasteiger partial charge in [-0.2, -0.15) is 13.2 Å². The summed E-state index contributed by atoms with van der Waals surface area (Å²) < 4.78 is 39.0. The summed E-state index contributed by atoms with van der Waals surface area (Å²) in [5.74, 6) is 0.933. The Bertz CT molecular complexity index is 899. The predicted molar refractivity (Wildman–Crippen MR) is 97.3 cm³/mol. The van der Waals surface area contributed by atoms with Crippen LogP contribution in [0.2, 0.25) is 0 Å². The van der Waals surface area contributed by atoms with Gasteiger partial charge < -0.3 is 10.3 Å². The zero-order valence-corrected chi connectivity index (χ0v) is 14.8. The standard InChI is InChI=1S/C20H21F3N4/c21-20(22,23)13-11-14-15(7-3-8-16(14)25-12-13)24-10-4-9-19-26-17-5-1-2-6-18(17)27-19/h1-2,5-6,11-12,15,24H,3-4,7-10H2,(H,26,27)/t15-/m1/s1. The van der Waals surface area contributed by atoms with Crippen LogP contribution < -0.4 is 5.32 Å². The Morgan fingerprint density at radius 1 is 1.22 bits per heavy atom. The molecule has 1 aliphatic rings. The van der Waals surface area contributed by atoms with Crippen LogP contribution in [0.5, 0.6) is 0 Å². The Morgan fingerprint density at radius 2 is 2.07 bits per heavy atom. The second-order valence-corrected chi connectivity index (χ2v) is 6.96. The fourth-order valence-corrected chi connectivity index (χ4v) is 3.67. The second-order valence-electron chi connectivity index (χ2n) is 6.96. The molecule has 0 aliphatic heterocycles. The van der Waals surface area contributed by atoms with Crippen LogP contribution >= 0.6 is 0 Å². The fraction of sp³-hybridized carbons (Fsp3) is 0.400. The number of alkyl halides is 3. The highest BCUT2D eigenvalue weighted by Crippen LogP contribution is 2.34. The maximum absolute atomic E-state index is 13.0. The molecule has 4 nitrogen and oxygen atoms in total. The maximum Gasteiger partial charge on any atom is 0.417 e. The van der Waals surface area contributed by atoms with Crippen LogP contribution in [-0.4, -0.2) is 21.5 Å². The van der Waals surface area contributed by atoms with Crippen LogP contribution in [0.4, 0.5) is 13.2 Å². The predicted octanol–water partition coefficient (Wildman–Crippen LogP) is 4.58. The molecule has 3 aromatic rings. The van der Waals surface area contributed by atoms with E-state index in [9.17, 15) is 13.2 Å². The number of hydrogen-bond acceptors (Lipinski definition) is 3. The van der Waals surface area contributed by atoms with Crippen molar-refractivity contribution in [3.63, 3.8) is 0 Å². The number of aromatic amines is 1. The molecule has 1 aliphatic carbocycles. The first-order valence-electron chi connectivity index (χ1n) is 9.24.